The minimum absolute atomic E-state index is 0.171. The van der Waals surface area contributed by atoms with Gasteiger partial charge in [0.1, 0.15) is 5.82 Å². The van der Waals surface area contributed by atoms with Gasteiger partial charge in [-0.3, -0.25) is 0 Å². The van der Waals surface area contributed by atoms with Crippen molar-refractivity contribution >= 4 is 15.7 Å². The first-order valence-corrected chi connectivity index (χ1v) is 10.5. The smallest absolute Gasteiger partial charge is 0.268 e. The van der Waals surface area contributed by atoms with E-state index in [1.165, 1.54) is 16.2 Å². The fourth-order valence-corrected chi connectivity index (χ4v) is 4.87. The first kappa shape index (κ1) is 18.7. The van der Waals surface area contributed by atoms with Crippen molar-refractivity contribution in [3.05, 3.63) is 72.2 Å². The Kier molecular flexibility index (Phi) is 4.95. The fourth-order valence-electron chi connectivity index (χ4n) is 3.41. The Bertz CT molecular complexity index is 1100. The molecular weight excluding hydrogens is 379 g/mol. The Balaban J connectivity index is 1.79. The molecule has 1 aliphatic rings. The van der Waals surface area contributed by atoms with Crippen molar-refractivity contribution in [1.82, 2.24) is 3.97 Å². The van der Waals surface area contributed by atoms with Crippen LogP contribution in [0.2, 0.25) is 0 Å². The predicted molar refractivity (Wildman–Crippen MR) is 107 cm³/mol. The van der Waals surface area contributed by atoms with Gasteiger partial charge >= 0.3 is 0 Å². The van der Waals surface area contributed by atoms with Crippen LogP contribution < -0.4 is 4.90 Å². The lowest BCUT2D eigenvalue weighted by atomic mass is 10.1. The third-order valence-corrected chi connectivity index (χ3v) is 6.49. The summed E-state index contributed by atoms with van der Waals surface area (Å²) < 4.78 is 47.6. The molecule has 28 heavy (non-hydrogen) atoms. The van der Waals surface area contributed by atoms with E-state index in [4.69, 9.17) is 4.74 Å². The second-order valence-corrected chi connectivity index (χ2v) is 8.60. The van der Waals surface area contributed by atoms with E-state index in [0.717, 1.165) is 11.3 Å². The SMILES string of the molecule is Cc1cc(-c2ccccc2F)n(S(=O)(=O)c2cccc(N3CCOCC3)c2)c1. The van der Waals surface area contributed by atoms with Gasteiger partial charge in [0.05, 0.1) is 23.8 Å². The number of nitrogens with zero attached hydrogens (tertiary/aromatic N) is 2. The average Bonchev–Trinajstić information content (AvgIpc) is 3.11. The molecule has 7 heteroatoms. The molecule has 2 aromatic carbocycles. The highest BCUT2D eigenvalue weighted by molar-refractivity contribution is 7.90. The minimum Gasteiger partial charge on any atom is -0.378 e. The van der Waals surface area contributed by atoms with Gasteiger partial charge in [-0.2, -0.15) is 0 Å². The van der Waals surface area contributed by atoms with Gasteiger partial charge in [0, 0.05) is 30.5 Å². The summed E-state index contributed by atoms with van der Waals surface area (Å²) >= 11 is 0. The summed E-state index contributed by atoms with van der Waals surface area (Å²) in [7, 11) is -3.88. The summed E-state index contributed by atoms with van der Waals surface area (Å²) in [6, 6.07) is 14.7. The van der Waals surface area contributed by atoms with Crippen LogP contribution in [-0.4, -0.2) is 38.7 Å². The van der Waals surface area contributed by atoms with Crippen LogP contribution in [0.1, 0.15) is 5.56 Å². The molecule has 3 aromatic rings. The van der Waals surface area contributed by atoms with E-state index in [1.54, 1.807) is 49.4 Å². The zero-order valence-electron chi connectivity index (χ0n) is 15.5. The molecule has 0 aliphatic carbocycles. The van der Waals surface area contributed by atoms with E-state index in [2.05, 4.69) is 4.90 Å². The van der Waals surface area contributed by atoms with Crippen molar-refractivity contribution in [3.8, 4) is 11.3 Å². The minimum atomic E-state index is -3.88. The zero-order chi connectivity index (χ0) is 19.7. The van der Waals surface area contributed by atoms with Gasteiger partial charge in [0.25, 0.3) is 10.0 Å². The molecule has 0 unspecified atom stereocenters. The molecule has 1 fully saturated rings. The quantitative estimate of drug-likeness (QED) is 0.671. The van der Waals surface area contributed by atoms with Crippen molar-refractivity contribution < 1.29 is 17.5 Å². The molecule has 1 aromatic heterocycles. The lowest BCUT2D eigenvalue weighted by Gasteiger charge is -2.29. The summed E-state index contributed by atoms with van der Waals surface area (Å²) in [6.07, 6.45) is 1.53. The normalized spacial score (nSPS) is 15.0. The van der Waals surface area contributed by atoms with E-state index in [1.807, 2.05) is 6.07 Å². The summed E-state index contributed by atoms with van der Waals surface area (Å²) in [5, 5.41) is 0. The van der Waals surface area contributed by atoms with Crippen LogP contribution in [0.15, 0.2) is 65.7 Å². The number of ether oxygens (including phenoxy) is 1. The lowest BCUT2D eigenvalue weighted by Crippen LogP contribution is -2.36. The molecule has 1 aliphatic heterocycles. The Morgan fingerprint density at radius 2 is 1.75 bits per heavy atom. The van der Waals surface area contributed by atoms with Crippen molar-refractivity contribution in [2.24, 2.45) is 0 Å². The molecule has 5 nitrogen and oxygen atoms in total. The van der Waals surface area contributed by atoms with Crippen LogP contribution in [0.3, 0.4) is 0 Å². The first-order chi connectivity index (χ1) is 13.5. The topological polar surface area (TPSA) is 51.5 Å². The number of morpholine rings is 1. The maximum Gasteiger partial charge on any atom is 0.268 e. The zero-order valence-corrected chi connectivity index (χ0v) is 16.3. The molecule has 0 bridgehead atoms. The number of aryl methyl sites for hydroxylation is 1. The van der Waals surface area contributed by atoms with E-state index >= 15 is 0 Å². The van der Waals surface area contributed by atoms with Crippen molar-refractivity contribution in [1.29, 1.82) is 0 Å². The van der Waals surface area contributed by atoms with Gasteiger partial charge in [-0.25, -0.2) is 16.8 Å². The van der Waals surface area contributed by atoms with Crippen LogP contribution in [0.4, 0.5) is 10.1 Å². The van der Waals surface area contributed by atoms with Crippen LogP contribution in [0.5, 0.6) is 0 Å². The van der Waals surface area contributed by atoms with Crippen molar-refractivity contribution in [2.45, 2.75) is 11.8 Å². The monoisotopic (exact) mass is 400 g/mol. The molecule has 0 radical (unpaired) electrons. The van der Waals surface area contributed by atoms with Crippen molar-refractivity contribution in [2.75, 3.05) is 31.2 Å². The van der Waals surface area contributed by atoms with Gasteiger partial charge in [0.15, 0.2) is 0 Å². The number of halogens is 1. The second kappa shape index (κ2) is 7.41. The predicted octanol–water partition coefficient (Wildman–Crippen LogP) is 3.68. The highest BCUT2D eigenvalue weighted by atomic mass is 32.2. The second-order valence-electron chi connectivity index (χ2n) is 6.78. The number of benzene rings is 2. The first-order valence-electron chi connectivity index (χ1n) is 9.09. The third kappa shape index (κ3) is 3.43. The number of rotatable bonds is 4. The highest BCUT2D eigenvalue weighted by Crippen LogP contribution is 2.30. The fraction of sp³-hybridized carbons (Fsp3) is 0.238. The van der Waals surface area contributed by atoms with E-state index < -0.39 is 15.8 Å². The van der Waals surface area contributed by atoms with E-state index in [9.17, 15) is 12.8 Å². The number of anilines is 1. The van der Waals surface area contributed by atoms with Gasteiger partial charge < -0.3 is 9.64 Å². The highest BCUT2D eigenvalue weighted by Gasteiger charge is 2.23. The van der Waals surface area contributed by atoms with Crippen LogP contribution in [-0.2, 0) is 14.8 Å². The summed E-state index contributed by atoms with van der Waals surface area (Å²) in [6.45, 7) is 4.45. The molecule has 0 saturated carbocycles. The molecule has 4 rings (SSSR count). The summed E-state index contributed by atoms with van der Waals surface area (Å²) in [5.41, 5.74) is 2.14. The molecule has 0 N–H and O–H groups in total. The largest absolute Gasteiger partial charge is 0.378 e. The molecule has 146 valence electrons. The third-order valence-electron chi connectivity index (χ3n) is 4.82. The average molecular weight is 400 g/mol. The van der Waals surface area contributed by atoms with Crippen LogP contribution >= 0.6 is 0 Å². The van der Waals surface area contributed by atoms with Gasteiger partial charge in [0.2, 0.25) is 0 Å². The Morgan fingerprint density at radius 3 is 2.50 bits per heavy atom. The van der Waals surface area contributed by atoms with Crippen LogP contribution in [0.25, 0.3) is 11.3 Å². The molecule has 0 spiro atoms. The Morgan fingerprint density at radius 1 is 1.00 bits per heavy atom. The molecule has 0 atom stereocenters. The summed E-state index contributed by atoms with van der Waals surface area (Å²) in [4.78, 5) is 2.27. The molecular formula is C21H21FN2O3S. The Hall–Kier alpha value is -2.64. The standard InChI is InChI=1S/C21H21FN2O3S/c1-16-13-21(19-7-2-3-8-20(19)22)24(15-16)28(25,26)18-6-4-5-17(14-18)23-9-11-27-12-10-23/h2-8,13-15H,9-12H2,1H3. The number of hydrogen-bond acceptors (Lipinski definition) is 4. The van der Waals surface area contributed by atoms with Crippen molar-refractivity contribution in [3.63, 3.8) is 0 Å². The van der Waals surface area contributed by atoms with Gasteiger partial charge in [-0.05, 0) is 48.9 Å². The molecule has 1 saturated heterocycles. The van der Waals surface area contributed by atoms with Gasteiger partial charge in [-0.15, -0.1) is 0 Å². The summed E-state index contributed by atoms with van der Waals surface area (Å²) in [5.74, 6) is -0.459. The maximum atomic E-state index is 14.3. The molecule has 0 amide bonds. The lowest BCUT2D eigenvalue weighted by molar-refractivity contribution is 0.122. The van der Waals surface area contributed by atoms with Gasteiger partial charge in [-0.1, -0.05) is 18.2 Å². The van der Waals surface area contributed by atoms with E-state index in [0.29, 0.717) is 32.0 Å². The maximum absolute atomic E-state index is 14.3. The van der Waals surface area contributed by atoms with Crippen LogP contribution in [0, 0.1) is 12.7 Å². The number of hydrogen-bond donors (Lipinski definition) is 0. The molecule has 2 heterocycles. The number of aromatic nitrogens is 1. The van der Waals surface area contributed by atoms with E-state index in [-0.39, 0.29) is 10.5 Å². The Labute approximate surface area is 164 Å².